The molecule has 2 aliphatic rings. The highest BCUT2D eigenvalue weighted by atomic mass is 19.4. The number of ketones is 1. The van der Waals surface area contributed by atoms with Crippen molar-refractivity contribution in [2.24, 2.45) is 0 Å². The molecule has 0 bridgehead atoms. The summed E-state index contributed by atoms with van der Waals surface area (Å²) in [4.78, 5) is 40.7. The summed E-state index contributed by atoms with van der Waals surface area (Å²) < 4.78 is 73.5. The Morgan fingerprint density at radius 3 is 2.45 bits per heavy atom. The zero-order valence-corrected chi connectivity index (χ0v) is 21.2. The molecule has 0 unspecified atom stereocenters. The van der Waals surface area contributed by atoms with E-state index < -0.39 is 46.5 Å². The van der Waals surface area contributed by atoms with Crippen molar-refractivity contribution in [3.8, 4) is 5.75 Å². The number of benzene rings is 3. The quantitative estimate of drug-likeness (QED) is 0.288. The van der Waals surface area contributed by atoms with Crippen LogP contribution in [0.1, 0.15) is 41.8 Å². The van der Waals surface area contributed by atoms with Crippen LogP contribution in [0, 0.1) is 11.6 Å². The number of nitrogens with one attached hydrogen (secondary N) is 1. The van der Waals surface area contributed by atoms with Gasteiger partial charge in [0.25, 0.3) is 5.91 Å². The van der Waals surface area contributed by atoms with Gasteiger partial charge >= 0.3 is 12.2 Å². The minimum atomic E-state index is -5.04. The van der Waals surface area contributed by atoms with E-state index in [9.17, 15) is 36.3 Å². The van der Waals surface area contributed by atoms with E-state index in [1.165, 1.54) is 26.0 Å². The van der Waals surface area contributed by atoms with Crippen molar-refractivity contribution in [2.75, 3.05) is 16.8 Å². The van der Waals surface area contributed by atoms with E-state index in [1.807, 2.05) is 0 Å². The van der Waals surface area contributed by atoms with Gasteiger partial charge in [-0.1, -0.05) is 6.07 Å². The third kappa shape index (κ3) is 4.74. The predicted molar refractivity (Wildman–Crippen MR) is 134 cm³/mol. The highest BCUT2D eigenvalue weighted by Crippen LogP contribution is 2.39. The standard InChI is InChI=1S/C28H22F5N3O4/c1-27(2)25(38)36(18-6-7-21(30)20(13-18)28(31,32)33)26(39)35(27)14-15-3-4-16(29)11-22(15)34-17-5-8-24-19(12-17)23(37)9-10-40-24/h3-8,11-13,34H,9-10,14H2,1-2H3. The number of Topliss-reactive ketones (excluding diaryl/α,β-unsaturated/α-hetero) is 1. The Bertz CT molecular complexity index is 1550. The average Bonchev–Trinajstić information content (AvgIpc) is 3.05. The van der Waals surface area contributed by atoms with Crippen LogP contribution in [0.5, 0.6) is 5.75 Å². The van der Waals surface area contributed by atoms with Crippen LogP contribution in [0.4, 0.5) is 43.8 Å². The molecular weight excluding hydrogens is 537 g/mol. The highest BCUT2D eigenvalue weighted by molar-refractivity contribution is 6.23. The monoisotopic (exact) mass is 559 g/mol. The number of anilines is 3. The largest absolute Gasteiger partial charge is 0.492 e. The van der Waals surface area contributed by atoms with Gasteiger partial charge in [0.05, 0.1) is 30.0 Å². The first kappa shape index (κ1) is 27.1. The molecule has 208 valence electrons. The van der Waals surface area contributed by atoms with E-state index in [2.05, 4.69) is 5.32 Å². The fourth-order valence-electron chi connectivity index (χ4n) is 4.67. The number of urea groups is 1. The normalized spacial score (nSPS) is 16.7. The number of nitrogens with zero attached hydrogens (tertiary/aromatic N) is 2. The molecule has 0 radical (unpaired) electrons. The molecule has 2 heterocycles. The summed E-state index contributed by atoms with van der Waals surface area (Å²) in [6, 6.07) is 9.50. The molecule has 7 nitrogen and oxygen atoms in total. The number of hydrogen-bond acceptors (Lipinski definition) is 5. The molecular formula is C28H22F5N3O4. The number of imide groups is 1. The predicted octanol–water partition coefficient (Wildman–Crippen LogP) is 6.44. The molecule has 0 spiro atoms. The molecule has 0 aromatic heterocycles. The maximum atomic E-state index is 14.3. The Morgan fingerprint density at radius 1 is 0.975 bits per heavy atom. The third-order valence-corrected chi connectivity index (χ3v) is 6.88. The van der Waals surface area contributed by atoms with Crippen molar-refractivity contribution in [2.45, 2.75) is 38.5 Å². The molecule has 3 amide bonds. The summed E-state index contributed by atoms with van der Waals surface area (Å²) >= 11 is 0. The summed E-state index contributed by atoms with van der Waals surface area (Å²) in [6.45, 7) is 2.90. The molecule has 1 N–H and O–H groups in total. The van der Waals surface area contributed by atoms with Gasteiger partial charge in [0.2, 0.25) is 0 Å². The van der Waals surface area contributed by atoms with E-state index >= 15 is 0 Å². The topological polar surface area (TPSA) is 79.0 Å². The molecule has 12 heteroatoms. The number of carbonyl (C=O) groups excluding carboxylic acids is 3. The fourth-order valence-corrected chi connectivity index (χ4v) is 4.67. The fraction of sp³-hybridized carbons (Fsp3) is 0.250. The van der Waals surface area contributed by atoms with Crippen LogP contribution in [0.3, 0.4) is 0 Å². The summed E-state index contributed by atoms with van der Waals surface area (Å²) in [7, 11) is 0. The summed E-state index contributed by atoms with van der Waals surface area (Å²) in [6.07, 6.45) is -4.82. The van der Waals surface area contributed by atoms with Crippen LogP contribution in [-0.2, 0) is 17.5 Å². The molecule has 3 aromatic carbocycles. The maximum absolute atomic E-state index is 14.3. The van der Waals surface area contributed by atoms with Crippen LogP contribution >= 0.6 is 0 Å². The lowest BCUT2D eigenvalue weighted by Gasteiger charge is -2.28. The Kier molecular flexibility index (Phi) is 6.51. The molecule has 3 aromatic rings. The molecule has 40 heavy (non-hydrogen) atoms. The Hall–Kier alpha value is -4.48. The van der Waals surface area contributed by atoms with E-state index in [0.29, 0.717) is 39.6 Å². The molecule has 0 saturated carbocycles. The van der Waals surface area contributed by atoms with Gasteiger partial charge in [0.1, 0.15) is 22.9 Å². The lowest BCUT2D eigenvalue weighted by Crippen LogP contribution is -2.43. The first-order valence-corrected chi connectivity index (χ1v) is 12.2. The van der Waals surface area contributed by atoms with E-state index in [0.717, 1.165) is 17.0 Å². The Morgan fingerprint density at radius 2 is 1.73 bits per heavy atom. The van der Waals surface area contributed by atoms with Crippen LogP contribution < -0.4 is 15.0 Å². The highest BCUT2D eigenvalue weighted by Gasteiger charge is 2.52. The second-order valence-corrected chi connectivity index (χ2v) is 9.89. The van der Waals surface area contributed by atoms with Gasteiger partial charge in [-0.25, -0.2) is 18.5 Å². The molecule has 1 saturated heterocycles. The molecule has 0 atom stereocenters. The number of ether oxygens (including phenoxy) is 1. The minimum absolute atomic E-state index is 0.109. The second-order valence-electron chi connectivity index (χ2n) is 9.89. The van der Waals surface area contributed by atoms with E-state index in [-0.39, 0.29) is 31.0 Å². The van der Waals surface area contributed by atoms with Gasteiger partial charge in [0.15, 0.2) is 5.78 Å². The van der Waals surface area contributed by atoms with Gasteiger partial charge in [-0.3, -0.25) is 9.59 Å². The first-order chi connectivity index (χ1) is 18.8. The van der Waals surface area contributed by atoms with Crippen molar-refractivity contribution in [3.63, 3.8) is 0 Å². The first-order valence-electron chi connectivity index (χ1n) is 12.2. The van der Waals surface area contributed by atoms with Gasteiger partial charge in [0, 0.05) is 17.8 Å². The van der Waals surface area contributed by atoms with E-state index in [1.54, 1.807) is 18.2 Å². The number of fused-ring (bicyclic) bond motifs is 1. The van der Waals surface area contributed by atoms with Crippen molar-refractivity contribution >= 4 is 34.8 Å². The number of hydrogen-bond donors (Lipinski definition) is 1. The zero-order valence-electron chi connectivity index (χ0n) is 21.2. The lowest BCUT2D eigenvalue weighted by atomic mass is 10.0. The van der Waals surface area contributed by atoms with E-state index in [4.69, 9.17) is 4.74 Å². The summed E-state index contributed by atoms with van der Waals surface area (Å²) in [5, 5.41) is 3.03. The number of amides is 3. The zero-order chi connectivity index (χ0) is 29.0. The second kappa shape index (κ2) is 9.61. The van der Waals surface area contributed by atoms with Crippen molar-refractivity contribution in [1.29, 1.82) is 0 Å². The number of halogens is 5. The molecule has 0 aliphatic carbocycles. The summed E-state index contributed by atoms with van der Waals surface area (Å²) in [5.74, 6) is -2.63. The van der Waals surface area contributed by atoms with Gasteiger partial charge in [-0.15, -0.1) is 0 Å². The SMILES string of the molecule is CC1(C)C(=O)N(c2ccc(F)c(C(F)(F)F)c2)C(=O)N1Cc1ccc(F)cc1Nc1ccc2c(c1)C(=O)CCO2. The maximum Gasteiger partial charge on any atom is 0.419 e. The van der Waals surface area contributed by atoms with Crippen molar-refractivity contribution < 1.29 is 41.1 Å². The molecule has 1 fully saturated rings. The number of carbonyl (C=O) groups is 3. The van der Waals surface area contributed by atoms with Gasteiger partial charge in [-0.2, -0.15) is 13.2 Å². The number of rotatable bonds is 5. The van der Waals surface area contributed by atoms with Crippen LogP contribution in [0.15, 0.2) is 54.6 Å². The van der Waals surface area contributed by atoms with Crippen LogP contribution in [0.2, 0.25) is 0 Å². The average molecular weight is 559 g/mol. The molecule has 5 rings (SSSR count). The van der Waals surface area contributed by atoms with Crippen LogP contribution in [0.25, 0.3) is 0 Å². The lowest BCUT2D eigenvalue weighted by molar-refractivity contribution is -0.140. The third-order valence-electron chi connectivity index (χ3n) is 6.88. The number of alkyl halides is 3. The van der Waals surface area contributed by atoms with Gasteiger partial charge in [-0.05, 0) is 67.9 Å². The summed E-state index contributed by atoms with van der Waals surface area (Å²) in [5.41, 5.74) is -2.12. The van der Waals surface area contributed by atoms with Crippen LogP contribution in [-0.4, -0.2) is 34.8 Å². The Labute approximate surface area is 225 Å². The minimum Gasteiger partial charge on any atom is -0.492 e. The smallest absolute Gasteiger partial charge is 0.419 e. The van der Waals surface area contributed by atoms with Crippen molar-refractivity contribution in [3.05, 3.63) is 82.9 Å². The van der Waals surface area contributed by atoms with Gasteiger partial charge < -0.3 is 15.0 Å². The van der Waals surface area contributed by atoms with Crippen molar-refractivity contribution in [1.82, 2.24) is 4.90 Å². The Balaban J connectivity index is 1.47. The molecule has 2 aliphatic heterocycles.